The van der Waals surface area contributed by atoms with Gasteiger partial charge in [-0.15, -0.1) is 0 Å². The van der Waals surface area contributed by atoms with E-state index >= 15 is 0 Å². The maximum Gasteiger partial charge on any atom is 0.257 e. The van der Waals surface area contributed by atoms with Crippen molar-refractivity contribution in [1.29, 1.82) is 0 Å². The summed E-state index contributed by atoms with van der Waals surface area (Å²) in [6, 6.07) is 1.94. The molecule has 4 saturated carbocycles. The SMILES string of the molecule is CCC(=O)NC(C)(C)/C=C/n1ncc(C(=O)NC2C3CC4CC2CC(CO)(C4)C3)c1-n1cccn1. The lowest BCUT2D eigenvalue weighted by molar-refractivity contribution is -0.121. The van der Waals surface area contributed by atoms with Crippen molar-refractivity contribution >= 4 is 18.0 Å². The van der Waals surface area contributed by atoms with E-state index in [1.54, 1.807) is 40.2 Å². The Hall–Kier alpha value is -2.94. The molecule has 2 aromatic rings. The zero-order valence-electron chi connectivity index (χ0n) is 20.8. The van der Waals surface area contributed by atoms with Gasteiger partial charge in [0.15, 0.2) is 5.82 Å². The molecule has 188 valence electrons. The molecule has 4 fully saturated rings. The van der Waals surface area contributed by atoms with Gasteiger partial charge in [0, 0.05) is 37.7 Å². The van der Waals surface area contributed by atoms with Crippen LogP contribution in [-0.2, 0) is 4.79 Å². The van der Waals surface area contributed by atoms with E-state index in [1.807, 2.05) is 26.8 Å². The van der Waals surface area contributed by atoms with Crippen molar-refractivity contribution in [2.75, 3.05) is 6.61 Å². The molecule has 2 atom stereocenters. The van der Waals surface area contributed by atoms with Crippen LogP contribution in [0.2, 0.25) is 0 Å². The summed E-state index contributed by atoms with van der Waals surface area (Å²) in [7, 11) is 0. The molecule has 2 amide bonds. The van der Waals surface area contributed by atoms with E-state index in [9.17, 15) is 14.7 Å². The number of rotatable bonds is 8. The number of aromatic nitrogens is 4. The van der Waals surface area contributed by atoms with Crippen molar-refractivity contribution in [3.63, 3.8) is 0 Å². The van der Waals surface area contributed by atoms with Gasteiger partial charge in [0.1, 0.15) is 5.56 Å². The molecule has 0 spiro atoms. The number of carbonyl (C=O) groups is 2. The maximum atomic E-state index is 13.6. The van der Waals surface area contributed by atoms with E-state index < -0.39 is 5.54 Å². The second kappa shape index (κ2) is 8.93. The minimum absolute atomic E-state index is 0.0360. The zero-order chi connectivity index (χ0) is 24.8. The van der Waals surface area contributed by atoms with Crippen molar-refractivity contribution in [1.82, 2.24) is 30.2 Å². The third-order valence-corrected chi connectivity index (χ3v) is 8.18. The fourth-order valence-corrected chi connectivity index (χ4v) is 6.84. The Bertz CT molecular complexity index is 1100. The minimum Gasteiger partial charge on any atom is -0.396 e. The van der Waals surface area contributed by atoms with E-state index in [0.717, 1.165) is 32.1 Å². The second-order valence-electron chi connectivity index (χ2n) is 11.3. The summed E-state index contributed by atoms with van der Waals surface area (Å²) in [4.78, 5) is 25.4. The second-order valence-corrected chi connectivity index (χ2v) is 11.3. The van der Waals surface area contributed by atoms with Crippen LogP contribution in [0.3, 0.4) is 0 Å². The molecule has 2 aromatic heterocycles. The number of amides is 2. The van der Waals surface area contributed by atoms with Crippen molar-refractivity contribution in [2.24, 2.45) is 23.2 Å². The van der Waals surface area contributed by atoms with Gasteiger partial charge in [-0.05, 0) is 81.3 Å². The smallest absolute Gasteiger partial charge is 0.257 e. The Morgan fingerprint density at radius 3 is 2.60 bits per heavy atom. The summed E-state index contributed by atoms with van der Waals surface area (Å²) in [5.74, 6) is 1.89. The first kappa shape index (κ1) is 23.8. The molecule has 2 unspecified atom stereocenters. The van der Waals surface area contributed by atoms with Gasteiger partial charge in [0.25, 0.3) is 5.91 Å². The summed E-state index contributed by atoms with van der Waals surface area (Å²) in [5.41, 5.74) is -0.0566. The third-order valence-electron chi connectivity index (χ3n) is 8.18. The van der Waals surface area contributed by atoms with Crippen LogP contribution in [0.25, 0.3) is 12.0 Å². The lowest BCUT2D eigenvalue weighted by Crippen LogP contribution is -2.60. The van der Waals surface area contributed by atoms with Crippen LogP contribution in [-0.4, -0.2) is 54.7 Å². The summed E-state index contributed by atoms with van der Waals surface area (Å²) in [6.45, 7) is 5.89. The Labute approximate surface area is 206 Å². The highest BCUT2D eigenvalue weighted by atomic mass is 16.3. The molecular weight excluding hydrogens is 444 g/mol. The molecule has 3 N–H and O–H groups in total. The molecule has 0 aromatic carbocycles. The van der Waals surface area contributed by atoms with Gasteiger partial charge in [-0.1, -0.05) is 6.92 Å². The van der Waals surface area contributed by atoms with E-state index in [1.165, 1.54) is 0 Å². The molecule has 4 aliphatic carbocycles. The Morgan fingerprint density at radius 2 is 1.97 bits per heavy atom. The van der Waals surface area contributed by atoms with Gasteiger partial charge in [0.05, 0.1) is 11.7 Å². The summed E-state index contributed by atoms with van der Waals surface area (Å²) in [5, 5.41) is 25.2. The number of nitrogens with zero attached hydrogens (tertiary/aromatic N) is 4. The number of hydrogen-bond acceptors (Lipinski definition) is 5. The number of carbonyl (C=O) groups excluding carboxylic acids is 2. The van der Waals surface area contributed by atoms with Crippen molar-refractivity contribution in [3.8, 4) is 5.82 Å². The largest absolute Gasteiger partial charge is 0.396 e. The van der Waals surface area contributed by atoms with Gasteiger partial charge in [-0.25, -0.2) is 9.36 Å². The van der Waals surface area contributed by atoms with E-state index in [0.29, 0.717) is 35.6 Å². The molecule has 0 radical (unpaired) electrons. The Morgan fingerprint density at radius 1 is 1.23 bits per heavy atom. The van der Waals surface area contributed by atoms with Crippen LogP contribution in [0, 0.1) is 23.2 Å². The van der Waals surface area contributed by atoms with Crippen LogP contribution in [0.5, 0.6) is 0 Å². The van der Waals surface area contributed by atoms with E-state index in [2.05, 4.69) is 20.8 Å². The third kappa shape index (κ3) is 4.53. The quantitative estimate of drug-likeness (QED) is 0.538. The first-order chi connectivity index (χ1) is 16.7. The lowest BCUT2D eigenvalue weighted by atomic mass is 9.48. The first-order valence-electron chi connectivity index (χ1n) is 12.7. The van der Waals surface area contributed by atoms with Crippen LogP contribution in [0.15, 0.2) is 30.7 Å². The van der Waals surface area contributed by atoms with E-state index in [4.69, 9.17) is 0 Å². The normalized spacial score (nSPS) is 29.6. The fraction of sp³-hybridized carbons (Fsp3) is 0.615. The first-order valence-corrected chi connectivity index (χ1v) is 12.7. The molecule has 0 aliphatic heterocycles. The van der Waals surface area contributed by atoms with Crippen molar-refractivity contribution < 1.29 is 14.7 Å². The number of nitrogens with one attached hydrogen (secondary N) is 2. The van der Waals surface area contributed by atoms with Crippen molar-refractivity contribution in [2.45, 2.75) is 70.9 Å². The highest BCUT2D eigenvalue weighted by Gasteiger charge is 2.55. The highest BCUT2D eigenvalue weighted by Crippen LogP contribution is 2.59. The molecule has 6 rings (SSSR count). The van der Waals surface area contributed by atoms with Crippen LogP contribution in [0.4, 0.5) is 0 Å². The van der Waals surface area contributed by atoms with Crippen LogP contribution >= 0.6 is 0 Å². The number of aliphatic hydroxyl groups excluding tert-OH is 1. The monoisotopic (exact) mass is 480 g/mol. The van der Waals surface area contributed by atoms with E-state index in [-0.39, 0.29) is 29.9 Å². The summed E-state index contributed by atoms with van der Waals surface area (Å²) in [6.07, 6.45) is 14.5. The molecule has 4 bridgehead atoms. The standard InChI is InChI=1S/C26H36N6O3/c1-4-21(34)30-25(2,3)6-9-32-24(31-8-5-7-27-31)20(15-28-32)23(35)29-22-18-10-17-11-19(22)14-26(12-17,13-18)16-33/h5-9,15,17-19,22,33H,4,10-14,16H2,1-3H3,(H,29,35)(H,30,34)/b9-6+. The maximum absolute atomic E-state index is 13.6. The average Bonchev–Trinajstić information content (AvgIpc) is 3.49. The number of aliphatic hydroxyl groups is 1. The summed E-state index contributed by atoms with van der Waals surface area (Å²) < 4.78 is 3.26. The molecule has 4 aliphatic rings. The molecule has 2 heterocycles. The fourth-order valence-electron chi connectivity index (χ4n) is 6.84. The lowest BCUT2D eigenvalue weighted by Gasteiger charge is -2.59. The van der Waals surface area contributed by atoms with Gasteiger partial charge in [0.2, 0.25) is 5.91 Å². The Balaban J connectivity index is 1.39. The highest BCUT2D eigenvalue weighted by molar-refractivity contribution is 5.97. The van der Waals surface area contributed by atoms with Crippen LogP contribution < -0.4 is 10.6 Å². The van der Waals surface area contributed by atoms with Gasteiger partial charge < -0.3 is 15.7 Å². The van der Waals surface area contributed by atoms with Crippen LogP contribution in [0.1, 0.15) is 69.7 Å². The predicted molar refractivity (Wildman–Crippen MR) is 132 cm³/mol. The molecule has 9 heteroatoms. The summed E-state index contributed by atoms with van der Waals surface area (Å²) >= 11 is 0. The minimum atomic E-state index is -0.577. The van der Waals surface area contributed by atoms with Gasteiger partial charge >= 0.3 is 0 Å². The molecular formula is C26H36N6O3. The predicted octanol–water partition coefficient (Wildman–Crippen LogP) is 2.76. The Kier molecular flexibility index (Phi) is 6.07. The van der Waals surface area contributed by atoms with Gasteiger partial charge in [-0.3, -0.25) is 9.59 Å². The molecule has 35 heavy (non-hydrogen) atoms. The van der Waals surface area contributed by atoms with Crippen molar-refractivity contribution in [3.05, 3.63) is 36.3 Å². The zero-order valence-corrected chi connectivity index (χ0v) is 20.8. The van der Waals surface area contributed by atoms with Gasteiger partial charge in [-0.2, -0.15) is 10.2 Å². The topological polar surface area (TPSA) is 114 Å². The molecule has 0 saturated heterocycles. The molecule has 9 nitrogen and oxygen atoms in total. The number of hydrogen-bond donors (Lipinski definition) is 3. The average molecular weight is 481 g/mol.